The van der Waals surface area contributed by atoms with Gasteiger partial charge in [-0.05, 0) is 39.0 Å². The Morgan fingerprint density at radius 2 is 2.31 bits per heavy atom. The van der Waals surface area contributed by atoms with E-state index < -0.39 is 0 Å². The van der Waals surface area contributed by atoms with Crippen LogP contribution in [-0.4, -0.2) is 24.0 Å². The molecule has 0 bridgehead atoms. The average molecular weight is 259 g/mol. The molecule has 90 valence electrons. The van der Waals surface area contributed by atoms with Crippen molar-refractivity contribution in [2.45, 2.75) is 33.1 Å². The maximum absolute atomic E-state index is 5.83. The first-order valence-electron chi connectivity index (χ1n) is 5.95. The first-order chi connectivity index (χ1) is 7.70. The Bertz CT molecular complexity index is 329. The van der Waals surface area contributed by atoms with Crippen LogP contribution >= 0.6 is 22.9 Å². The van der Waals surface area contributed by atoms with Crippen LogP contribution in [0.3, 0.4) is 0 Å². The van der Waals surface area contributed by atoms with Gasteiger partial charge in [0.2, 0.25) is 0 Å². The normalized spacial score (nSPS) is 21.4. The topological polar surface area (TPSA) is 16.1 Å². The molecule has 1 aromatic rings. The van der Waals surface area contributed by atoms with Gasteiger partial charge in [0.15, 0.2) is 5.13 Å². The summed E-state index contributed by atoms with van der Waals surface area (Å²) in [5.41, 5.74) is 1.18. The van der Waals surface area contributed by atoms with E-state index in [1.54, 1.807) is 0 Å². The first kappa shape index (κ1) is 12.2. The molecule has 0 N–H and O–H groups in total. The largest absolute Gasteiger partial charge is 0.348 e. The van der Waals surface area contributed by atoms with Crippen molar-refractivity contribution in [3.05, 3.63) is 10.6 Å². The summed E-state index contributed by atoms with van der Waals surface area (Å²) < 4.78 is 0. The molecule has 0 aromatic carbocycles. The van der Waals surface area contributed by atoms with Crippen LogP contribution in [0.15, 0.2) is 0 Å². The van der Waals surface area contributed by atoms with Crippen LogP contribution in [0.25, 0.3) is 0 Å². The summed E-state index contributed by atoms with van der Waals surface area (Å²) in [5.74, 6) is 1.55. The highest BCUT2D eigenvalue weighted by atomic mass is 35.5. The molecule has 1 saturated heterocycles. The number of hydrogen-bond acceptors (Lipinski definition) is 3. The molecule has 2 rings (SSSR count). The second-order valence-corrected chi connectivity index (χ2v) is 6.13. The summed E-state index contributed by atoms with van der Waals surface area (Å²) in [7, 11) is 0. The van der Waals surface area contributed by atoms with Crippen LogP contribution < -0.4 is 4.90 Å². The van der Waals surface area contributed by atoms with Crippen LogP contribution in [0.1, 0.15) is 29.8 Å². The highest BCUT2D eigenvalue weighted by Crippen LogP contribution is 2.30. The molecule has 0 amide bonds. The van der Waals surface area contributed by atoms with Crippen molar-refractivity contribution in [2.75, 3.05) is 23.9 Å². The smallest absolute Gasteiger partial charge is 0.185 e. The number of aryl methyl sites for hydroxylation is 2. The van der Waals surface area contributed by atoms with E-state index in [4.69, 9.17) is 11.6 Å². The van der Waals surface area contributed by atoms with E-state index in [9.17, 15) is 0 Å². The Kier molecular flexibility index (Phi) is 4.09. The molecule has 0 radical (unpaired) electrons. The van der Waals surface area contributed by atoms with E-state index >= 15 is 0 Å². The maximum Gasteiger partial charge on any atom is 0.185 e. The molecule has 0 saturated carbocycles. The number of anilines is 1. The minimum atomic E-state index is 0.760. The number of hydrogen-bond donors (Lipinski definition) is 0. The van der Waals surface area contributed by atoms with Gasteiger partial charge in [0.1, 0.15) is 0 Å². The average Bonchev–Trinajstić information content (AvgIpc) is 2.60. The summed E-state index contributed by atoms with van der Waals surface area (Å²) >= 11 is 7.65. The van der Waals surface area contributed by atoms with Crippen molar-refractivity contribution in [1.29, 1.82) is 0 Å². The van der Waals surface area contributed by atoms with Crippen molar-refractivity contribution in [2.24, 2.45) is 5.92 Å². The van der Waals surface area contributed by atoms with E-state index in [1.165, 1.54) is 28.5 Å². The molecule has 1 aliphatic rings. The van der Waals surface area contributed by atoms with Crippen molar-refractivity contribution in [1.82, 2.24) is 4.98 Å². The van der Waals surface area contributed by atoms with Crippen LogP contribution in [-0.2, 0) is 0 Å². The molecule has 0 spiro atoms. The Morgan fingerprint density at radius 1 is 1.50 bits per heavy atom. The van der Waals surface area contributed by atoms with Gasteiger partial charge in [-0.2, -0.15) is 0 Å². The van der Waals surface area contributed by atoms with E-state index in [-0.39, 0.29) is 0 Å². The Labute approximate surface area is 107 Å². The lowest BCUT2D eigenvalue weighted by atomic mass is 9.96. The third-order valence-corrected chi connectivity index (χ3v) is 4.68. The molecule has 1 aliphatic heterocycles. The summed E-state index contributed by atoms with van der Waals surface area (Å²) in [5, 5.41) is 1.20. The molecule has 4 heteroatoms. The number of aromatic nitrogens is 1. The van der Waals surface area contributed by atoms with Crippen LogP contribution in [0.2, 0.25) is 0 Å². The van der Waals surface area contributed by atoms with Crippen molar-refractivity contribution < 1.29 is 0 Å². The Balaban J connectivity index is 2.03. The standard InChI is InChI=1S/C12H19ClN2S/c1-9-10(2)16-12(14-9)15-7-3-4-11(8-15)5-6-13/h11H,3-8H2,1-2H3. The zero-order valence-electron chi connectivity index (χ0n) is 10.0. The van der Waals surface area contributed by atoms with Gasteiger partial charge < -0.3 is 4.90 Å². The van der Waals surface area contributed by atoms with Gasteiger partial charge in [-0.3, -0.25) is 0 Å². The summed E-state index contributed by atoms with van der Waals surface area (Å²) in [4.78, 5) is 8.42. The van der Waals surface area contributed by atoms with E-state index in [2.05, 4.69) is 23.7 Å². The second-order valence-electron chi connectivity index (χ2n) is 4.57. The Morgan fingerprint density at radius 3 is 2.94 bits per heavy atom. The molecule has 1 unspecified atom stereocenters. The minimum Gasteiger partial charge on any atom is -0.348 e. The predicted molar refractivity (Wildman–Crippen MR) is 71.9 cm³/mol. The molecule has 1 fully saturated rings. The number of rotatable bonds is 3. The van der Waals surface area contributed by atoms with E-state index in [0.717, 1.165) is 31.3 Å². The van der Waals surface area contributed by atoms with Crippen molar-refractivity contribution in [3.8, 4) is 0 Å². The lowest BCUT2D eigenvalue weighted by Crippen LogP contribution is -2.35. The Hall–Kier alpha value is -0.280. The summed E-state index contributed by atoms with van der Waals surface area (Å²) in [6.07, 6.45) is 3.74. The number of piperidine rings is 1. The quantitative estimate of drug-likeness (QED) is 0.770. The maximum atomic E-state index is 5.83. The molecular formula is C12H19ClN2S. The molecule has 1 aromatic heterocycles. The van der Waals surface area contributed by atoms with Crippen molar-refractivity contribution >= 4 is 28.1 Å². The molecule has 16 heavy (non-hydrogen) atoms. The van der Waals surface area contributed by atoms with Crippen molar-refractivity contribution in [3.63, 3.8) is 0 Å². The van der Waals surface area contributed by atoms with Crippen LogP contribution in [0.4, 0.5) is 5.13 Å². The third-order valence-electron chi connectivity index (χ3n) is 3.32. The minimum absolute atomic E-state index is 0.760. The fourth-order valence-corrected chi connectivity index (χ4v) is 3.47. The molecule has 2 nitrogen and oxygen atoms in total. The van der Waals surface area contributed by atoms with Crippen LogP contribution in [0, 0.1) is 19.8 Å². The SMILES string of the molecule is Cc1nc(N2CCCC(CCCl)C2)sc1C. The van der Waals surface area contributed by atoms with Gasteiger partial charge in [0.25, 0.3) is 0 Å². The van der Waals surface area contributed by atoms with Crippen LogP contribution in [0.5, 0.6) is 0 Å². The lowest BCUT2D eigenvalue weighted by Gasteiger charge is -2.32. The zero-order chi connectivity index (χ0) is 11.5. The third kappa shape index (κ3) is 2.69. The number of nitrogens with zero attached hydrogens (tertiary/aromatic N) is 2. The number of thiazole rings is 1. The first-order valence-corrected chi connectivity index (χ1v) is 7.30. The van der Waals surface area contributed by atoms with Gasteiger partial charge in [-0.15, -0.1) is 22.9 Å². The van der Waals surface area contributed by atoms with Gasteiger partial charge in [0.05, 0.1) is 5.69 Å². The molecule has 2 heterocycles. The highest BCUT2D eigenvalue weighted by Gasteiger charge is 2.21. The van der Waals surface area contributed by atoms with E-state index in [1.807, 2.05) is 11.3 Å². The lowest BCUT2D eigenvalue weighted by molar-refractivity contribution is 0.406. The number of halogens is 1. The van der Waals surface area contributed by atoms with E-state index in [0.29, 0.717) is 0 Å². The molecular weight excluding hydrogens is 240 g/mol. The van der Waals surface area contributed by atoms with Gasteiger partial charge in [0, 0.05) is 23.8 Å². The molecule has 0 aliphatic carbocycles. The zero-order valence-corrected chi connectivity index (χ0v) is 11.6. The monoisotopic (exact) mass is 258 g/mol. The fourth-order valence-electron chi connectivity index (χ4n) is 2.22. The summed E-state index contributed by atoms with van der Waals surface area (Å²) in [6, 6.07) is 0. The molecule has 1 atom stereocenters. The summed E-state index contributed by atoms with van der Waals surface area (Å²) in [6.45, 7) is 6.54. The fraction of sp³-hybridized carbons (Fsp3) is 0.750. The highest BCUT2D eigenvalue weighted by molar-refractivity contribution is 7.15. The second kappa shape index (κ2) is 5.37. The van der Waals surface area contributed by atoms with Gasteiger partial charge in [-0.25, -0.2) is 4.98 Å². The number of alkyl halides is 1. The van der Waals surface area contributed by atoms with Gasteiger partial charge >= 0.3 is 0 Å². The van der Waals surface area contributed by atoms with Gasteiger partial charge in [-0.1, -0.05) is 0 Å². The predicted octanol–water partition coefficient (Wildman–Crippen LogP) is 3.61.